The van der Waals surface area contributed by atoms with Crippen LogP contribution in [-0.2, 0) is 4.79 Å². The van der Waals surface area contributed by atoms with Crippen LogP contribution >= 0.6 is 23.5 Å². The third-order valence-electron chi connectivity index (χ3n) is 3.03. The van der Waals surface area contributed by atoms with Gasteiger partial charge in [0.1, 0.15) is 6.04 Å². The summed E-state index contributed by atoms with van der Waals surface area (Å²) in [5, 5.41) is 14.2. The van der Waals surface area contributed by atoms with E-state index in [0.717, 1.165) is 31.1 Å². The number of thioether (sulfide) groups is 2. The lowest BCUT2D eigenvalue weighted by molar-refractivity contribution is -0.139. The monoisotopic (exact) mass is 321 g/mol. The van der Waals surface area contributed by atoms with Crippen LogP contribution in [0.2, 0.25) is 0 Å². The summed E-state index contributed by atoms with van der Waals surface area (Å²) in [5.74, 6) is 2.01. The van der Waals surface area contributed by atoms with E-state index < -0.39 is 18.0 Å². The Morgan fingerprint density at radius 1 is 1.40 bits per heavy atom. The molecule has 0 unspecified atom stereocenters. The molecule has 0 spiro atoms. The molecule has 0 aromatic carbocycles. The molecule has 0 aromatic heterocycles. The van der Waals surface area contributed by atoms with Crippen LogP contribution < -0.4 is 10.6 Å². The summed E-state index contributed by atoms with van der Waals surface area (Å²) in [6.45, 7) is 3.47. The maximum absolute atomic E-state index is 11.6. The van der Waals surface area contributed by atoms with Crippen LogP contribution in [-0.4, -0.2) is 77.7 Å². The van der Waals surface area contributed by atoms with Crippen LogP contribution in [0.25, 0.3) is 0 Å². The largest absolute Gasteiger partial charge is 0.480 e. The highest BCUT2D eigenvalue weighted by Gasteiger charge is 2.19. The molecule has 3 N–H and O–H groups in total. The van der Waals surface area contributed by atoms with Crippen molar-refractivity contribution in [2.45, 2.75) is 12.5 Å². The van der Waals surface area contributed by atoms with E-state index in [-0.39, 0.29) is 0 Å². The van der Waals surface area contributed by atoms with Crippen molar-refractivity contribution >= 4 is 35.5 Å². The number of nitrogens with one attached hydrogen (secondary N) is 2. The summed E-state index contributed by atoms with van der Waals surface area (Å²) in [5.41, 5.74) is 0. The van der Waals surface area contributed by atoms with Gasteiger partial charge in [-0.1, -0.05) is 0 Å². The second kappa shape index (κ2) is 10.2. The number of carbonyl (C=O) groups is 2. The molecule has 1 saturated heterocycles. The third kappa shape index (κ3) is 7.25. The SMILES string of the molecule is CSCC[C@@H](NC(=O)NCCN1CCSCC1)C(=O)O. The fraction of sp³-hybridized carbons (Fsp3) is 0.833. The van der Waals surface area contributed by atoms with Gasteiger partial charge in [0.05, 0.1) is 0 Å². The molecule has 1 heterocycles. The first kappa shape index (κ1) is 17.5. The molecule has 1 aliphatic heterocycles. The number of rotatable bonds is 8. The molecule has 0 aromatic rings. The van der Waals surface area contributed by atoms with Crippen molar-refractivity contribution < 1.29 is 14.7 Å². The fourth-order valence-electron chi connectivity index (χ4n) is 1.85. The maximum atomic E-state index is 11.6. The van der Waals surface area contributed by atoms with Crippen LogP contribution in [0.4, 0.5) is 4.79 Å². The number of carbonyl (C=O) groups excluding carboxylic acids is 1. The third-order valence-corrected chi connectivity index (χ3v) is 4.62. The first-order valence-corrected chi connectivity index (χ1v) is 9.24. The first-order chi connectivity index (χ1) is 9.63. The van der Waals surface area contributed by atoms with Gasteiger partial charge in [-0.25, -0.2) is 9.59 Å². The van der Waals surface area contributed by atoms with E-state index in [1.165, 1.54) is 0 Å². The van der Waals surface area contributed by atoms with E-state index in [1.807, 2.05) is 18.0 Å². The zero-order valence-corrected chi connectivity index (χ0v) is 13.4. The Morgan fingerprint density at radius 2 is 2.10 bits per heavy atom. The van der Waals surface area contributed by atoms with E-state index in [4.69, 9.17) is 5.11 Å². The molecular formula is C12H23N3O3S2. The van der Waals surface area contributed by atoms with Gasteiger partial charge in [0.15, 0.2) is 0 Å². The average Bonchev–Trinajstić information content (AvgIpc) is 2.44. The minimum Gasteiger partial charge on any atom is -0.480 e. The Balaban J connectivity index is 2.18. The van der Waals surface area contributed by atoms with E-state index in [1.54, 1.807) is 11.8 Å². The minimum atomic E-state index is -0.984. The van der Waals surface area contributed by atoms with Crippen LogP contribution in [0.15, 0.2) is 0 Å². The molecule has 20 heavy (non-hydrogen) atoms. The molecule has 0 aliphatic carbocycles. The van der Waals surface area contributed by atoms with Gasteiger partial charge < -0.3 is 15.7 Å². The fourth-order valence-corrected chi connectivity index (χ4v) is 3.30. The van der Waals surface area contributed by atoms with Crippen molar-refractivity contribution in [3.8, 4) is 0 Å². The number of aliphatic carboxylic acids is 1. The smallest absolute Gasteiger partial charge is 0.326 e. The van der Waals surface area contributed by atoms with Gasteiger partial charge in [0.2, 0.25) is 0 Å². The molecule has 1 aliphatic rings. The second-order valence-electron chi connectivity index (χ2n) is 4.53. The predicted octanol–water partition coefficient (Wildman–Crippen LogP) is 0.541. The van der Waals surface area contributed by atoms with Gasteiger partial charge >= 0.3 is 12.0 Å². The van der Waals surface area contributed by atoms with E-state index in [2.05, 4.69) is 15.5 Å². The summed E-state index contributed by atoms with van der Waals surface area (Å²) in [4.78, 5) is 25.0. The standard InChI is InChI=1S/C12H23N3O3S2/c1-19-7-2-10(11(16)17)14-12(18)13-3-4-15-5-8-20-9-6-15/h10H,2-9H2,1H3,(H,16,17)(H2,13,14,18)/t10-/m1/s1. The lowest BCUT2D eigenvalue weighted by Crippen LogP contribution is -2.48. The van der Waals surface area contributed by atoms with Gasteiger partial charge in [-0.3, -0.25) is 4.90 Å². The summed E-state index contributed by atoms with van der Waals surface area (Å²) >= 11 is 3.52. The highest BCUT2D eigenvalue weighted by atomic mass is 32.2. The Labute approximate surface area is 128 Å². The Morgan fingerprint density at radius 3 is 2.70 bits per heavy atom. The number of nitrogens with zero attached hydrogens (tertiary/aromatic N) is 1. The average molecular weight is 321 g/mol. The maximum Gasteiger partial charge on any atom is 0.326 e. The minimum absolute atomic E-state index is 0.398. The Kier molecular flexibility index (Phi) is 8.88. The normalized spacial score (nSPS) is 17.4. The van der Waals surface area contributed by atoms with Crippen LogP contribution in [0, 0.1) is 0 Å². The van der Waals surface area contributed by atoms with Gasteiger partial charge in [-0.05, 0) is 18.4 Å². The van der Waals surface area contributed by atoms with Crippen molar-refractivity contribution in [3.63, 3.8) is 0 Å². The number of hydrogen-bond donors (Lipinski definition) is 3. The molecule has 0 radical (unpaired) electrons. The lowest BCUT2D eigenvalue weighted by Gasteiger charge is -2.26. The van der Waals surface area contributed by atoms with Crippen molar-refractivity contribution in [1.82, 2.24) is 15.5 Å². The van der Waals surface area contributed by atoms with Gasteiger partial charge in [-0.2, -0.15) is 23.5 Å². The molecule has 2 amide bonds. The highest BCUT2D eigenvalue weighted by Crippen LogP contribution is 2.07. The van der Waals surface area contributed by atoms with Crippen molar-refractivity contribution in [1.29, 1.82) is 0 Å². The molecule has 0 saturated carbocycles. The van der Waals surface area contributed by atoms with E-state index in [0.29, 0.717) is 18.7 Å². The Bertz CT molecular complexity index is 312. The number of carboxylic acids is 1. The molecule has 0 bridgehead atoms. The van der Waals surface area contributed by atoms with Gasteiger partial charge in [-0.15, -0.1) is 0 Å². The first-order valence-electron chi connectivity index (χ1n) is 6.69. The summed E-state index contributed by atoms with van der Waals surface area (Å²) in [6.07, 6.45) is 2.35. The Hall–Kier alpha value is -0.600. The number of urea groups is 1. The summed E-state index contributed by atoms with van der Waals surface area (Å²) in [6, 6.07) is -1.21. The molecule has 1 fully saturated rings. The van der Waals surface area contributed by atoms with Crippen LogP contribution in [0.1, 0.15) is 6.42 Å². The topological polar surface area (TPSA) is 81.7 Å². The van der Waals surface area contributed by atoms with Crippen LogP contribution in [0.5, 0.6) is 0 Å². The molecule has 116 valence electrons. The quantitative estimate of drug-likeness (QED) is 0.605. The number of amides is 2. The van der Waals surface area contributed by atoms with Gasteiger partial charge in [0.25, 0.3) is 0 Å². The van der Waals surface area contributed by atoms with E-state index in [9.17, 15) is 9.59 Å². The zero-order chi connectivity index (χ0) is 14.8. The predicted molar refractivity (Wildman–Crippen MR) is 84.7 cm³/mol. The number of hydrogen-bond acceptors (Lipinski definition) is 5. The zero-order valence-electron chi connectivity index (χ0n) is 11.8. The van der Waals surface area contributed by atoms with E-state index >= 15 is 0 Å². The van der Waals surface area contributed by atoms with Crippen molar-refractivity contribution in [3.05, 3.63) is 0 Å². The molecule has 6 nitrogen and oxygen atoms in total. The van der Waals surface area contributed by atoms with Crippen molar-refractivity contribution in [2.24, 2.45) is 0 Å². The van der Waals surface area contributed by atoms with Crippen LogP contribution in [0.3, 0.4) is 0 Å². The second-order valence-corrected chi connectivity index (χ2v) is 6.74. The highest BCUT2D eigenvalue weighted by molar-refractivity contribution is 7.99. The molecule has 1 atom stereocenters. The molecule has 1 rings (SSSR count). The molecular weight excluding hydrogens is 298 g/mol. The summed E-state index contributed by atoms with van der Waals surface area (Å²) in [7, 11) is 0. The molecule has 8 heteroatoms. The number of carboxylic acid groups (broad SMARTS) is 1. The van der Waals surface area contributed by atoms with Crippen molar-refractivity contribution in [2.75, 3.05) is 49.7 Å². The van der Waals surface area contributed by atoms with Gasteiger partial charge in [0, 0.05) is 37.7 Å². The summed E-state index contributed by atoms with van der Waals surface area (Å²) < 4.78 is 0. The lowest BCUT2D eigenvalue weighted by atomic mass is 10.2.